The van der Waals surface area contributed by atoms with Crippen LogP contribution in [0.1, 0.15) is 26.5 Å². The summed E-state index contributed by atoms with van der Waals surface area (Å²) >= 11 is 1.24. The van der Waals surface area contributed by atoms with Gasteiger partial charge in [-0.05, 0) is 25.1 Å². The monoisotopic (exact) mass is 367 g/mol. The molecule has 1 aromatic carbocycles. The highest BCUT2D eigenvalue weighted by molar-refractivity contribution is 7.15. The van der Waals surface area contributed by atoms with Gasteiger partial charge in [0.2, 0.25) is 0 Å². The molecule has 0 saturated heterocycles. The molecule has 0 spiro atoms. The summed E-state index contributed by atoms with van der Waals surface area (Å²) in [5.74, 6) is -0.266. The third-order valence-electron chi connectivity index (χ3n) is 3.40. The average molecular weight is 367 g/mol. The van der Waals surface area contributed by atoms with E-state index in [4.69, 9.17) is 9.15 Å². The minimum atomic E-state index is -4.51. The minimum Gasteiger partial charge on any atom is -0.462 e. The Morgan fingerprint density at radius 3 is 2.68 bits per heavy atom. The lowest BCUT2D eigenvalue weighted by molar-refractivity contribution is -0.138. The van der Waals surface area contributed by atoms with Crippen LogP contribution in [0.15, 0.2) is 47.1 Å². The number of carbonyl (C=O) groups is 1. The van der Waals surface area contributed by atoms with Gasteiger partial charge < -0.3 is 9.15 Å². The number of furan rings is 1. The topological polar surface area (TPSA) is 52.3 Å². The van der Waals surface area contributed by atoms with Crippen LogP contribution in [0.3, 0.4) is 0 Å². The molecule has 2 aromatic heterocycles. The number of benzene rings is 1. The zero-order chi connectivity index (χ0) is 18.0. The Morgan fingerprint density at radius 1 is 1.24 bits per heavy atom. The molecule has 0 fully saturated rings. The molecule has 0 N–H and O–H groups in total. The number of halogens is 3. The molecule has 0 unspecified atom stereocenters. The Balaban J connectivity index is 1.76. The molecule has 3 rings (SSSR count). The van der Waals surface area contributed by atoms with Crippen LogP contribution >= 0.6 is 11.3 Å². The summed E-state index contributed by atoms with van der Waals surface area (Å²) in [5.41, 5.74) is -0.863. The number of nitrogens with zero attached hydrogens (tertiary/aromatic N) is 1. The van der Waals surface area contributed by atoms with Crippen molar-refractivity contribution in [1.82, 2.24) is 4.98 Å². The number of hydrogen-bond donors (Lipinski definition) is 0. The second-order valence-corrected chi connectivity index (χ2v) is 6.34. The molecular weight excluding hydrogens is 355 g/mol. The quantitative estimate of drug-likeness (QED) is 0.603. The number of aryl methyl sites for hydroxylation is 1. The van der Waals surface area contributed by atoms with E-state index in [1.165, 1.54) is 35.8 Å². The molecule has 8 heteroatoms. The molecule has 0 bridgehead atoms. The average Bonchev–Trinajstić information content (AvgIpc) is 3.21. The molecular formula is C17H12F3NO3S. The summed E-state index contributed by atoms with van der Waals surface area (Å²) in [6.07, 6.45) is -3.02. The fourth-order valence-corrected chi connectivity index (χ4v) is 3.10. The molecule has 0 amide bonds. The lowest BCUT2D eigenvalue weighted by Gasteiger charge is -2.12. The van der Waals surface area contributed by atoms with E-state index in [-0.39, 0.29) is 11.3 Å². The molecule has 0 aliphatic heterocycles. The van der Waals surface area contributed by atoms with E-state index in [0.717, 1.165) is 6.07 Å². The lowest BCUT2D eigenvalue weighted by Crippen LogP contribution is -2.12. The van der Waals surface area contributed by atoms with E-state index in [1.807, 2.05) is 0 Å². The standard InChI is InChI=1S/C17H12F3NO3S/c1-10-14(21-15(25-10)13-7-4-8-23-13)16(22)24-9-11-5-2-3-6-12(11)17(18,19)20/h2-8H,9H2,1H3. The number of rotatable bonds is 4. The Bertz CT molecular complexity index is 885. The van der Waals surface area contributed by atoms with Gasteiger partial charge in [0.1, 0.15) is 6.61 Å². The lowest BCUT2D eigenvalue weighted by atomic mass is 10.1. The van der Waals surface area contributed by atoms with Crippen molar-refractivity contribution in [3.05, 3.63) is 64.4 Å². The third kappa shape index (κ3) is 3.74. The van der Waals surface area contributed by atoms with Crippen LogP contribution in [0.5, 0.6) is 0 Å². The summed E-state index contributed by atoms with van der Waals surface area (Å²) in [6, 6.07) is 8.37. The summed E-state index contributed by atoms with van der Waals surface area (Å²) < 4.78 is 49.1. The molecule has 2 heterocycles. The summed E-state index contributed by atoms with van der Waals surface area (Å²) in [7, 11) is 0. The largest absolute Gasteiger partial charge is 0.462 e. The Morgan fingerprint density at radius 2 is 2.00 bits per heavy atom. The first-order valence-corrected chi connectivity index (χ1v) is 8.01. The molecule has 0 saturated carbocycles. The van der Waals surface area contributed by atoms with E-state index >= 15 is 0 Å². The van der Waals surface area contributed by atoms with Crippen LogP contribution in [0, 0.1) is 6.92 Å². The first kappa shape index (κ1) is 17.2. The highest BCUT2D eigenvalue weighted by Gasteiger charge is 2.33. The first-order valence-electron chi connectivity index (χ1n) is 7.20. The molecule has 0 atom stereocenters. The second-order valence-electron chi connectivity index (χ2n) is 5.13. The number of esters is 1. The van der Waals surface area contributed by atoms with Crippen molar-refractivity contribution in [3.8, 4) is 10.8 Å². The second kappa shape index (κ2) is 6.72. The molecule has 0 aliphatic rings. The van der Waals surface area contributed by atoms with E-state index in [2.05, 4.69) is 4.98 Å². The summed E-state index contributed by atoms with van der Waals surface area (Å²) in [4.78, 5) is 17.0. The molecule has 0 radical (unpaired) electrons. The van der Waals surface area contributed by atoms with E-state index in [0.29, 0.717) is 15.6 Å². The third-order valence-corrected chi connectivity index (χ3v) is 4.39. The van der Waals surface area contributed by atoms with E-state index < -0.39 is 24.3 Å². The zero-order valence-corrected chi connectivity index (χ0v) is 13.8. The van der Waals surface area contributed by atoms with Crippen molar-refractivity contribution in [2.24, 2.45) is 0 Å². The van der Waals surface area contributed by atoms with Crippen LogP contribution in [-0.2, 0) is 17.5 Å². The van der Waals surface area contributed by atoms with Crippen molar-refractivity contribution >= 4 is 17.3 Å². The molecule has 25 heavy (non-hydrogen) atoms. The number of ether oxygens (including phenoxy) is 1. The van der Waals surface area contributed by atoms with Crippen molar-refractivity contribution in [2.45, 2.75) is 19.7 Å². The van der Waals surface area contributed by atoms with Crippen molar-refractivity contribution < 1.29 is 27.1 Å². The predicted octanol–water partition coefficient (Wildman–Crippen LogP) is 5.09. The van der Waals surface area contributed by atoms with Gasteiger partial charge in [-0.25, -0.2) is 9.78 Å². The highest BCUT2D eigenvalue weighted by Crippen LogP contribution is 2.32. The van der Waals surface area contributed by atoms with Crippen molar-refractivity contribution in [2.75, 3.05) is 0 Å². The predicted molar refractivity (Wildman–Crippen MR) is 85.1 cm³/mol. The fourth-order valence-electron chi connectivity index (χ4n) is 2.23. The van der Waals surface area contributed by atoms with Crippen molar-refractivity contribution in [3.63, 3.8) is 0 Å². The SMILES string of the molecule is Cc1sc(-c2ccco2)nc1C(=O)OCc1ccccc1C(F)(F)F. The molecule has 0 aliphatic carbocycles. The van der Waals surface area contributed by atoms with Crippen LogP contribution in [0.4, 0.5) is 13.2 Å². The number of alkyl halides is 3. The van der Waals surface area contributed by atoms with E-state index in [1.54, 1.807) is 19.1 Å². The molecule has 4 nitrogen and oxygen atoms in total. The van der Waals surface area contributed by atoms with Crippen LogP contribution in [0.25, 0.3) is 10.8 Å². The first-order chi connectivity index (χ1) is 11.9. The Kier molecular flexibility index (Phi) is 4.63. The van der Waals surface area contributed by atoms with Gasteiger partial charge in [0.15, 0.2) is 16.5 Å². The van der Waals surface area contributed by atoms with Gasteiger partial charge in [-0.2, -0.15) is 13.2 Å². The minimum absolute atomic E-state index is 0.0703. The smallest absolute Gasteiger partial charge is 0.416 e. The van der Waals surface area contributed by atoms with Crippen LogP contribution in [0.2, 0.25) is 0 Å². The fraction of sp³-hybridized carbons (Fsp3) is 0.176. The van der Waals surface area contributed by atoms with Gasteiger partial charge in [0.05, 0.1) is 11.8 Å². The maximum atomic E-state index is 13.0. The molecule has 130 valence electrons. The van der Waals surface area contributed by atoms with Gasteiger partial charge in [0, 0.05) is 10.4 Å². The maximum absolute atomic E-state index is 13.0. The Hall–Kier alpha value is -2.61. The number of thiazole rings is 1. The number of carbonyl (C=O) groups excluding carboxylic acids is 1. The molecule has 3 aromatic rings. The highest BCUT2D eigenvalue weighted by atomic mass is 32.1. The van der Waals surface area contributed by atoms with Crippen LogP contribution in [-0.4, -0.2) is 11.0 Å². The van der Waals surface area contributed by atoms with Crippen molar-refractivity contribution in [1.29, 1.82) is 0 Å². The van der Waals surface area contributed by atoms with Crippen LogP contribution < -0.4 is 0 Å². The number of hydrogen-bond acceptors (Lipinski definition) is 5. The van der Waals surface area contributed by atoms with Gasteiger partial charge in [0.25, 0.3) is 0 Å². The normalized spacial score (nSPS) is 11.5. The Labute approximate surface area is 144 Å². The number of aromatic nitrogens is 1. The van der Waals surface area contributed by atoms with E-state index in [9.17, 15) is 18.0 Å². The summed E-state index contributed by atoms with van der Waals surface area (Å²) in [6.45, 7) is 1.20. The van der Waals surface area contributed by atoms with Gasteiger partial charge in [-0.15, -0.1) is 11.3 Å². The maximum Gasteiger partial charge on any atom is 0.416 e. The van der Waals surface area contributed by atoms with Gasteiger partial charge >= 0.3 is 12.1 Å². The van der Waals surface area contributed by atoms with Gasteiger partial charge in [-0.3, -0.25) is 0 Å². The summed E-state index contributed by atoms with van der Waals surface area (Å²) in [5, 5.41) is 0.505. The van der Waals surface area contributed by atoms with Gasteiger partial charge in [-0.1, -0.05) is 18.2 Å². The zero-order valence-electron chi connectivity index (χ0n) is 13.0.